The van der Waals surface area contributed by atoms with Crippen LogP contribution in [0.3, 0.4) is 0 Å². The molecule has 0 aliphatic carbocycles. The lowest BCUT2D eigenvalue weighted by atomic mass is 10.0. The SMILES string of the molecule is COc1cc(C(=O)N2CCC[C@@H](N)C2)cc2nc(-c3cc4ccc5nc4n3CCCCCC[C@@H](C)C(=O)N[C@@H]5C)n(C)c12. The third-order valence-electron chi connectivity index (χ3n) is 9.16. The van der Waals surface area contributed by atoms with Crippen LogP contribution < -0.4 is 15.8 Å². The molecule has 0 unspecified atom stereocenters. The van der Waals surface area contributed by atoms with Crippen LogP contribution in [0.2, 0.25) is 0 Å². The summed E-state index contributed by atoms with van der Waals surface area (Å²) in [6.07, 6.45) is 6.94. The number of methoxy groups -OCH3 is 1. The van der Waals surface area contributed by atoms with Gasteiger partial charge < -0.3 is 29.8 Å². The lowest BCUT2D eigenvalue weighted by Gasteiger charge is -2.30. The van der Waals surface area contributed by atoms with E-state index in [0.29, 0.717) is 29.9 Å². The van der Waals surface area contributed by atoms with Crippen LogP contribution in [0.4, 0.5) is 0 Å². The van der Waals surface area contributed by atoms with E-state index in [1.165, 1.54) is 0 Å². The molecule has 3 aromatic heterocycles. The summed E-state index contributed by atoms with van der Waals surface area (Å²) in [6, 6.07) is 9.73. The van der Waals surface area contributed by atoms with Crippen LogP contribution >= 0.6 is 0 Å². The Morgan fingerprint density at radius 1 is 1.02 bits per heavy atom. The fourth-order valence-corrected chi connectivity index (χ4v) is 6.63. The van der Waals surface area contributed by atoms with Gasteiger partial charge >= 0.3 is 0 Å². The lowest BCUT2D eigenvalue weighted by molar-refractivity contribution is -0.125. The summed E-state index contributed by atoms with van der Waals surface area (Å²) >= 11 is 0. The maximum absolute atomic E-state index is 13.5. The Balaban J connectivity index is 1.44. The summed E-state index contributed by atoms with van der Waals surface area (Å²) in [5, 5.41) is 4.19. The fraction of sp³-hybridized carbons (Fsp3) is 0.515. The van der Waals surface area contributed by atoms with Gasteiger partial charge in [-0.3, -0.25) is 9.59 Å². The molecule has 2 bridgehead atoms. The Bertz CT molecular complexity index is 1670. The number of pyridine rings is 1. The molecule has 228 valence electrons. The van der Waals surface area contributed by atoms with Gasteiger partial charge in [-0.1, -0.05) is 26.2 Å². The molecule has 10 nitrogen and oxygen atoms in total. The third-order valence-corrected chi connectivity index (χ3v) is 9.16. The molecular formula is C33H43N7O3. The molecule has 2 aliphatic rings. The molecule has 3 N–H and O–H groups in total. The topological polar surface area (TPSA) is 120 Å². The first kappa shape index (κ1) is 29.2. The van der Waals surface area contributed by atoms with Gasteiger partial charge in [0, 0.05) is 49.6 Å². The number of ether oxygens (including phenoxy) is 1. The highest BCUT2D eigenvalue weighted by Gasteiger charge is 2.26. The number of rotatable bonds is 3. The average Bonchev–Trinajstić information content (AvgIpc) is 3.53. The van der Waals surface area contributed by atoms with Crippen molar-refractivity contribution in [2.75, 3.05) is 20.2 Å². The second-order valence-electron chi connectivity index (χ2n) is 12.4. The van der Waals surface area contributed by atoms with Crippen LogP contribution in [0.25, 0.3) is 33.6 Å². The summed E-state index contributed by atoms with van der Waals surface area (Å²) in [5.41, 5.74) is 11.0. The van der Waals surface area contributed by atoms with Crippen molar-refractivity contribution in [3.8, 4) is 17.3 Å². The summed E-state index contributed by atoms with van der Waals surface area (Å²) in [6.45, 7) is 6.08. The highest BCUT2D eigenvalue weighted by Crippen LogP contribution is 2.35. The van der Waals surface area contributed by atoms with Gasteiger partial charge in [0.05, 0.1) is 30.1 Å². The number of carbonyl (C=O) groups is 2. The van der Waals surface area contributed by atoms with E-state index in [9.17, 15) is 9.59 Å². The normalized spacial score (nSPS) is 22.1. The largest absolute Gasteiger partial charge is 0.494 e. The number of piperidine rings is 1. The highest BCUT2D eigenvalue weighted by molar-refractivity contribution is 6.00. The number of aromatic nitrogens is 4. The van der Waals surface area contributed by atoms with Crippen LogP contribution in [0, 0.1) is 5.92 Å². The molecule has 1 fully saturated rings. The smallest absolute Gasteiger partial charge is 0.254 e. The van der Waals surface area contributed by atoms with Gasteiger partial charge in [0.1, 0.15) is 16.9 Å². The average molecular weight is 586 g/mol. The lowest BCUT2D eigenvalue weighted by Crippen LogP contribution is -2.45. The number of carbonyl (C=O) groups excluding carboxylic acids is 2. The molecule has 2 amide bonds. The zero-order valence-electron chi connectivity index (χ0n) is 25.7. The summed E-state index contributed by atoms with van der Waals surface area (Å²) < 4.78 is 10.1. The molecule has 4 aromatic rings. The second-order valence-corrected chi connectivity index (χ2v) is 12.4. The minimum atomic E-state index is -0.195. The van der Waals surface area contributed by atoms with Gasteiger partial charge in [0.2, 0.25) is 5.91 Å². The van der Waals surface area contributed by atoms with E-state index >= 15 is 0 Å². The molecule has 10 heteroatoms. The van der Waals surface area contributed by atoms with Gasteiger partial charge in [-0.15, -0.1) is 0 Å². The third kappa shape index (κ3) is 5.60. The summed E-state index contributed by atoms with van der Waals surface area (Å²) in [7, 11) is 3.62. The van der Waals surface area contributed by atoms with Gasteiger partial charge in [-0.25, -0.2) is 9.97 Å². The minimum Gasteiger partial charge on any atom is -0.494 e. The Labute approximate surface area is 252 Å². The molecule has 1 saturated heterocycles. The maximum atomic E-state index is 13.5. The number of benzene rings is 1. The van der Waals surface area contributed by atoms with Crippen molar-refractivity contribution in [1.29, 1.82) is 0 Å². The van der Waals surface area contributed by atoms with Gasteiger partial charge in [0.15, 0.2) is 5.82 Å². The molecule has 1 aromatic carbocycles. The number of nitrogens with zero attached hydrogens (tertiary/aromatic N) is 5. The Kier molecular flexibility index (Phi) is 8.13. The first-order chi connectivity index (χ1) is 20.7. The van der Waals surface area contributed by atoms with E-state index < -0.39 is 0 Å². The number of imidazole rings is 1. The molecule has 0 spiro atoms. The molecule has 6 rings (SSSR count). The predicted molar refractivity (Wildman–Crippen MR) is 168 cm³/mol. The van der Waals surface area contributed by atoms with Crippen LogP contribution in [-0.4, -0.2) is 62.1 Å². The van der Waals surface area contributed by atoms with E-state index in [2.05, 4.69) is 22.0 Å². The Morgan fingerprint density at radius 3 is 2.63 bits per heavy atom. The zero-order chi connectivity index (χ0) is 30.2. The van der Waals surface area contributed by atoms with E-state index in [-0.39, 0.29) is 29.8 Å². The Morgan fingerprint density at radius 2 is 1.84 bits per heavy atom. The quantitative estimate of drug-likeness (QED) is 0.352. The van der Waals surface area contributed by atoms with Crippen molar-refractivity contribution in [1.82, 2.24) is 29.3 Å². The molecule has 43 heavy (non-hydrogen) atoms. The van der Waals surface area contributed by atoms with Crippen LogP contribution in [0.15, 0.2) is 30.3 Å². The molecule has 0 saturated carbocycles. The number of fused-ring (bicyclic) bond motifs is 2. The van der Waals surface area contributed by atoms with Crippen LogP contribution in [0.1, 0.15) is 80.9 Å². The van der Waals surface area contributed by atoms with E-state index in [1.54, 1.807) is 7.11 Å². The molecule has 0 radical (unpaired) electrons. The first-order valence-electron chi connectivity index (χ1n) is 15.7. The van der Waals surface area contributed by atoms with Gasteiger partial charge in [-0.05, 0) is 62.9 Å². The van der Waals surface area contributed by atoms with Crippen LogP contribution in [-0.2, 0) is 18.4 Å². The van der Waals surface area contributed by atoms with Gasteiger partial charge in [0.25, 0.3) is 5.91 Å². The van der Waals surface area contributed by atoms with E-state index in [0.717, 1.165) is 85.3 Å². The summed E-state index contributed by atoms with van der Waals surface area (Å²) in [4.78, 5) is 38.3. The maximum Gasteiger partial charge on any atom is 0.254 e. The zero-order valence-corrected chi connectivity index (χ0v) is 25.7. The van der Waals surface area contributed by atoms with Crippen molar-refractivity contribution in [3.63, 3.8) is 0 Å². The molecule has 2 aliphatic heterocycles. The summed E-state index contributed by atoms with van der Waals surface area (Å²) in [5.74, 6) is 1.43. The molecule has 3 atom stereocenters. The number of hydrogen-bond donors (Lipinski definition) is 2. The van der Waals surface area contributed by atoms with Crippen LogP contribution in [0.5, 0.6) is 5.75 Å². The Hall–Kier alpha value is -3.92. The van der Waals surface area contributed by atoms with Crippen molar-refractivity contribution in [3.05, 3.63) is 41.6 Å². The highest BCUT2D eigenvalue weighted by atomic mass is 16.5. The molecule has 5 heterocycles. The second kappa shape index (κ2) is 12.0. The van der Waals surface area contributed by atoms with Crippen molar-refractivity contribution < 1.29 is 14.3 Å². The number of likely N-dealkylation sites (tertiary alicyclic amines) is 1. The number of hydrogen-bond acceptors (Lipinski definition) is 6. The number of nitrogens with one attached hydrogen (secondary N) is 1. The first-order valence-corrected chi connectivity index (χ1v) is 15.7. The number of amides is 2. The van der Waals surface area contributed by atoms with E-state index in [4.69, 9.17) is 20.4 Å². The predicted octanol–water partition coefficient (Wildman–Crippen LogP) is 4.94. The van der Waals surface area contributed by atoms with Crippen molar-refractivity contribution >= 4 is 33.9 Å². The number of aryl methyl sites for hydroxylation is 2. The standard InChI is InChI=1S/C33H43N7O3/c1-20-10-7-5-6-8-15-40-27(17-22-12-13-25(36-30(22)40)21(2)35-32(20)41)31-37-26-16-23(18-28(43-4)29(26)38(31)3)33(42)39-14-9-11-24(34)19-39/h12-13,16-18,20-21,24H,5-11,14-15,19,34H2,1-4H3,(H,35,41)/t20-,21-,24-/m1/s1. The minimum absolute atomic E-state index is 0.00600. The fourth-order valence-electron chi connectivity index (χ4n) is 6.63. The monoisotopic (exact) mass is 585 g/mol. The number of nitrogens with two attached hydrogens (primary N) is 1. The van der Waals surface area contributed by atoms with Gasteiger partial charge in [-0.2, -0.15) is 0 Å². The molecular weight excluding hydrogens is 542 g/mol. The van der Waals surface area contributed by atoms with Crippen molar-refractivity contribution in [2.45, 2.75) is 77.4 Å². The van der Waals surface area contributed by atoms with E-state index in [1.807, 2.05) is 48.6 Å². The van der Waals surface area contributed by atoms with Crippen molar-refractivity contribution in [2.24, 2.45) is 18.7 Å².